The highest BCUT2D eigenvalue weighted by Crippen LogP contribution is 2.15. The second-order valence-corrected chi connectivity index (χ2v) is 4.60. The normalized spacial score (nSPS) is 16.1. The first-order chi connectivity index (χ1) is 7.68. The molecule has 1 aliphatic rings. The molecule has 0 radical (unpaired) electrons. The first-order valence-electron chi connectivity index (χ1n) is 4.88. The molecule has 2 rings (SSSR count). The summed E-state index contributed by atoms with van der Waals surface area (Å²) >= 11 is 1.80. The fourth-order valence-electron chi connectivity index (χ4n) is 1.49. The van der Waals surface area contributed by atoms with Crippen molar-refractivity contribution in [2.24, 2.45) is 0 Å². The molecular weight excluding hydrogens is 230 g/mol. The monoisotopic (exact) mass is 241 g/mol. The number of thioether (sulfide) groups is 1. The highest BCUT2D eigenvalue weighted by atomic mass is 32.2. The van der Waals surface area contributed by atoms with Crippen LogP contribution >= 0.6 is 11.8 Å². The molecule has 5 nitrogen and oxygen atoms in total. The Balaban J connectivity index is 2.10. The number of hydrogen-bond acceptors (Lipinski definition) is 4. The van der Waals surface area contributed by atoms with Crippen LogP contribution in [0.2, 0.25) is 0 Å². The minimum Gasteiger partial charge on any atom is -0.475 e. The predicted molar refractivity (Wildman–Crippen MR) is 58.9 cm³/mol. The molecule has 2 heterocycles. The zero-order chi connectivity index (χ0) is 11.5. The summed E-state index contributed by atoms with van der Waals surface area (Å²) in [5.74, 6) is 0.344. The molecule has 0 aromatic carbocycles. The van der Waals surface area contributed by atoms with Gasteiger partial charge in [-0.2, -0.15) is 11.8 Å². The highest BCUT2D eigenvalue weighted by Gasteiger charge is 2.22. The Labute approximate surface area is 96.4 Å². The van der Waals surface area contributed by atoms with Gasteiger partial charge in [0.05, 0.1) is 0 Å². The molecule has 0 unspecified atom stereocenters. The molecule has 0 saturated carbocycles. The summed E-state index contributed by atoms with van der Waals surface area (Å²) in [4.78, 5) is 24.1. The molecular formula is C10H11NO4S. The summed E-state index contributed by atoms with van der Waals surface area (Å²) in [5, 5.41) is 8.67. The SMILES string of the molecule is O=C(O)c1ccc(C(=O)N2CCSCC2)o1. The Morgan fingerprint density at radius 1 is 1.25 bits per heavy atom. The van der Waals surface area contributed by atoms with Gasteiger partial charge in [0.2, 0.25) is 5.76 Å². The molecule has 1 amide bonds. The minimum absolute atomic E-state index is 0.101. The van der Waals surface area contributed by atoms with E-state index in [4.69, 9.17) is 9.52 Å². The molecule has 0 bridgehead atoms. The average molecular weight is 241 g/mol. The van der Waals surface area contributed by atoms with Gasteiger partial charge in [-0.15, -0.1) is 0 Å². The Bertz CT molecular complexity index is 409. The molecule has 16 heavy (non-hydrogen) atoms. The first-order valence-corrected chi connectivity index (χ1v) is 6.04. The number of nitrogens with zero attached hydrogens (tertiary/aromatic N) is 1. The van der Waals surface area contributed by atoms with E-state index in [1.165, 1.54) is 12.1 Å². The van der Waals surface area contributed by atoms with Gasteiger partial charge in [-0.1, -0.05) is 0 Å². The molecule has 1 fully saturated rings. The van der Waals surface area contributed by atoms with Crippen molar-refractivity contribution in [3.8, 4) is 0 Å². The lowest BCUT2D eigenvalue weighted by atomic mass is 10.3. The van der Waals surface area contributed by atoms with E-state index in [-0.39, 0.29) is 17.4 Å². The Hall–Kier alpha value is -1.43. The van der Waals surface area contributed by atoms with E-state index >= 15 is 0 Å². The van der Waals surface area contributed by atoms with Crippen LogP contribution in [0.25, 0.3) is 0 Å². The lowest BCUT2D eigenvalue weighted by Gasteiger charge is -2.25. The van der Waals surface area contributed by atoms with E-state index in [1.54, 1.807) is 16.7 Å². The van der Waals surface area contributed by atoms with Gasteiger partial charge >= 0.3 is 5.97 Å². The van der Waals surface area contributed by atoms with E-state index in [0.717, 1.165) is 11.5 Å². The molecule has 1 aromatic rings. The fourth-order valence-corrected chi connectivity index (χ4v) is 2.39. The van der Waals surface area contributed by atoms with Crippen LogP contribution in [0, 0.1) is 0 Å². The second kappa shape index (κ2) is 4.61. The van der Waals surface area contributed by atoms with Crippen molar-refractivity contribution in [2.75, 3.05) is 24.6 Å². The molecule has 1 saturated heterocycles. The van der Waals surface area contributed by atoms with Gasteiger partial charge in [-0.3, -0.25) is 4.79 Å². The first kappa shape index (κ1) is 11.1. The zero-order valence-electron chi connectivity index (χ0n) is 8.51. The Morgan fingerprint density at radius 3 is 2.44 bits per heavy atom. The van der Waals surface area contributed by atoms with Crippen molar-refractivity contribution >= 4 is 23.6 Å². The fraction of sp³-hybridized carbons (Fsp3) is 0.400. The predicted octanol–water partition coefficient (Wildman–Crippen LogP) is 1.17. The number of carboxylic acid groups (broad SMARTS) is 1. The highest BCUT2D eigenvalue weighted by molar-refractivity contribution is 7.99. The quantitative estimate of drug-likeness (QED) is 0.841. The molecule has 0 spiro atoms. The van der Waals surface area contributed by atoms with Crippen LogP contribution in [0.5, 0.6) is 0 Å². The third-order valence-corrected chi connectivity index (χ3v) is 3.27. The van der Waals surface area contributed by atoms with E-state index < -0.39 is 5.97 Å². The van der Waals surface area contributed by atoms with Gasteiger partial charge in [0.15, 0.2) is 5.76 Å². The molecule has 1 aliphatic heterocycles. The average Bonchev–Trinajstić information content (AvgIpc) is 2.78. The number of hydrogen-bond donors (Lipinski definition) is 1. The van der Waals surface area contributed by atoms with Crippen molar-refractivity contribution in [1.82, 2.24) is 4.90 Å². The lowest BCUT2D eigenvalue weighted by Crippen LogP contribution is -2.37. The summed E-state index contributed by atoms with van der Waals surface area (Å²) in [6.45, 7) is 1.37. The van der Waals surface area contributed by atoms with Gasteiger partial charge < -0.3 is 14.4 Å². The number of carboxylic acids is 1. The molecule has 1 N–H and O–H groups in total. The molecule has 0 atom stereocenters. The maximum absolute atomic E-state index is 11.9. The lowest BCUT2D eigenvalue weighted by molar-refractivity contribution is 0.0652. The minimum atomic E-state index is -1.16. The maximum atomic E-state index is 11.9. The second-order valence-electron chi connectivity index (χ2n) is 3.37. The third-order valence-electron chi connectivity index (χ3n) is 2.33. The van der Waals surface area contributed by atoms with Crippen LogP contribution in [0.15, 0.2) is 16.5 Å². The van der Waals surface area contributed by atoms with Crippen LogP contribution in [-0.4, -0.2) is 46.5 Å². The number of carbonyl (C=O) groups is 2. The van der Waals surface area contributed by atoms with Gasteiger partial charge in [-0.05, 0) is 12.1 Å². The molecule has 86 valence electrons. The van der Waals surface area contributed by atoms with Crippen molar-refractivity contribution in [3.05, 3.63) is 23.7 Å². The number of carbonyl (C=O) groups excluding carboxylic acids is 1. The van der Waals surface area contributed by atoms with Gasteiger partial charge in [0.25, 0.3) is 5.91 Å². The summed E-state index contributed by atoms with van der Waals surface area (Å²) in [6.07, 6.45) is 0. The topological polar surface area (TPSA) is 70.8 Å². The van der Waals surface area contributed by atoms with Crippen LogP contribution < -0.4 is 0 Å². The molecule has 6 heteroatoms. The van der Waals surface area contributed by atoms with Crippen molar-refractivity contribution in [2.45, 2.75) is 0 Å². The smallest absolute Gasteiger partial charge is 0.371 e. The van der Waals surface area contributed by atoms with E-state index in [0.29, 0.717) is 13.1 Å². The van der Waals surface area contributed by atoms with Gasteiger partial charge in [-0.25, -0.2) is 4.79 Å². The summed E-state index contributed by atoms with van der Waals surface area (Å²) in [6, 6.07) is 2.71. The molecule has 1 aromatic heterocycles. The summed E-state index contributed by atoms with van der Waals surface area (Å²) in [5.41, 5.74) is 0. The largest absolute Gasteiger partial charge is 0.475 e. The van der Waals surface area contributed by atoms with Crippen molar-refractivity contribution in [1.29, 1.82) is 0 Å². The van der Waals surface area contributed by atoms with Crippen molar-refractivity contribution < 1.29 is 19.1 Å². The van der Waals surface area contributed by atoms with E-state index in [1.807, 2.05) is 0 Å². The van der Waals surface area contributed by atoms with E-state index in [9.17, 15) is 9.59 Å². The number of rotatable bonds is 2. The van der Waals surface area contributed by atoms with Gasteiger partial charge in [0.1, 0.15) is 0 Å². The number of aromatic carboxylic acids is 1. The van der Waals surface area contributed by atoms with Crippen LogP contribution in [0.1, 0.15) is 21.1 Å². The van der Waals surface area contributed by atoms with Crippen molar-refractivity contribution in [3.63, 3.8) is 0 Å². The summed E-state index contributed by atoms with van der Waals surface area (Å²) in [7, 11) is 0. The van der Waals surface area contributed by atoms with Gasteiger partial charge in [0, 0.05) is 24.6 Å². The van der Waals surface area contributed by atoms with E-state index in [2.05, 4.69) is 0 Å². The maximum Gasteiger partial charge on any atom is 0.371 e. The standard InChI is InChI=1S/C10H11NO4S/c12-9(11-3-5-16-6-4-11)7-1-2-8(15-7)10(13)14/h1-2H,3-6H2,(H,13,14). The third kappa shape index (κ3) is 2.21. The zero-order valence-corrected chi connectivity index (χ0v) is 9.33. The number of furan rings is 1. The van der Waals surface area contributed by atoms with Crippen LogP contribution in [0.3, 0.4) is 0 Å². The molecule has 0 aliphatic carbocycles. The Morgan fingerprint density at radius 2 is 1.88 bits per heavy atom. The number of amides is 1. The van der Waals surface area contributed by atoms with Crippen LogP contribution in [-0.2, 0) is 0 Å². The van der Waals surface area contributed by atoms with Crippen LogP contribution in [0.4, 0.5) is 0 Å². The summed E-state index contributed by atoms with van der Waals surface area (Å²) < 4.78 is 4.96. The Kier molecular flexibility index (Phi) is 3.19.